The van der Waals surface area contributed by atoms with Crippen LogP contribution in [0.4, 0.5) is 5.82 Å². The molecule has 1 saturated heterocycles. The second-order valence-corrected chi connectivity index (χ2v) is 9.80. The average molecular weight is 461 g/mol. The molecule has 2 fully saturated rings. The third-order valence-corrected chi connectivity index (χ3v) is 7.43. The van der Waals surface area contributed by atoms with Crippen molar-refractivity contribution in [2.45, 2.75) is 57.2 Å². The Hall–Kier alpha value is -3.02. The zero-order chi connectivity index (χ0) is 22.6. The van der Waals surface area contributed by atoms with E-state index in [-0.39, 0.29) is 5.54 Å². The SMILES string of the molecule is Cc1cncc(N2CCC(c3nnc4n3-c3ccc(Cl)cc3CN(C3(C#N)CC3)C4)CC2)n1. The van der Waals surface area contributed by atoms with Gasteiger partial charge in [-0.2, -0.15) is 5.26 Å². The Bertz CT molecular complexity index is 1250. The van der Waals surface area contributed by atoms with E-state index < -0.39 is 0 Å². The number of rotatable bonds is 3. The summed E-state index contributed by atoms with van der Waals surface area (Å²) in [6.07, 6.45) is 7.38. The standard InChI is InChI=1S/C24H25ClN8/c1-16-11-27-12-21(28-16)31-8-4-17(5-9-31)23-30-29-22-14-32(24(15-26)6-7-24)13-18-10-19(25)2-3-20(18)33(22)23/h2-3,10-12,17H,4-9,13-14H2,1H3. The van der Waals surface area contributed by atoms with Gasteiger partial charge in [-0.15, -0.1) is 10.2 Å². The van der Waals surface area contributed by atoms with E-state index in [2.05, 4.69) is 46.7 Å². The van der Waals surface area contributed by atoms with Crippen LogP contribution in [0.5, 0.6) is 0 Å². The van der Waals surface area contributed by atoms with Gasteiger partial charge in [-0.1, -0.05) is 11.6 Å². The van der Waals surface area contributed by atoms with Crippen molar-refractivity contribution in [3.63, 3.8) is 0 Å². The van der Waals surface area contributed by atoms with Crippen molar-refractivity contribution in [3.05, 3.63) is 58.5 Å². The molecule has 4 heterocycles. The molecule has 1 saturated carbocycles. The molecule has 2 aliphatic heterocycles. The molecule has 0 N–H and O–H groups in total. The third kappa shape index (κ3) is 3.56. The maximum Gasteiger partial charge on any atom is 0.151 e. The van der Waals surface area contributed by atoms with Crippen LogP contribution in [-0.2, 0) is 13.1 Å². The lowest BCUT2D eigenvalue weighted by atomic mass is 9.95. The van der Waals surface area contributed by atoms with E-state index in [1.807, 2.05) is 25.3 Å². The van der Waals surface area contributed by atoms with Crippen molar-refractivity contribution in [2.75, 3.05) is 18.0 Å². The number of benzene rings is 1. The van der Waals surface area contributed by atoms with Gasteiger partial charge in [0, 0.05) is 36.8 Å². The maximum absolute atomic E-state index is 9.82. The first-order valence-electron chi connectivity index (χ1n) is 11.5. The Labute approximate surface area is 197 Å². The van der Waals surface area contributed by atoms with E-state index in [0.29, 0.717) is 24.0 Å². The van der Waals surface area contributed by atoms with E-state index in [1.165, 1.54) is 0 Å². The Balaban J connectivity index is 1.32. The van der Waals surface area contributed by atoms with Gasteiger partial charge in [-0.25, -0.2) is 4.98 Å². The lowest BCUT2D eigenvalue weighted by molar-refractivity contribution is 0.197. The van der Waals surface area contributed by atoms with Gasteiger partial charge in [0.05, 0.1) is 30.2 Å². The second kappa shape index (κ2) is 7.79. The van der Waals surface area contributed by atoms with Gasteiger partial charge in [-0.05, 0) is 56.4 Å². The van der Waals surface area contributed by atoms with E-state index in [9.17, 15) is 5.26 Å². The Morgan fingerprint density at radius 2 is 1.94 bits per heavy atom. The molecule has 1 aliphatic carbocycles. The van der Waals surface area contributed by atoms with E-state index >= 15 is 0 Å². The van der Waals surface area contributed by atoms with Crippen LogP contribution >= 0.6 is 11.6 Å². The van der Waals surface area contributed by atoms with E-state index in [0.717, 1.165) is 73.2 Å². The number of halogens is 1. The third-order valence-electron chi connectivity index (χ3n) is 7.19. The predicted octanol–water partition coefficient (Wildman–Crippen LogP) is 3.77. The molecule has 3 aliphatic rings. The topological polar surface area (TPSA) is 86.8 Å². The first kappa shape index (κ1) is 20.6. The maximum atomic E-state index is 9.82. The van der Waals surface area contributed by atoms with E-state index in [4.69, 9.17) is 11.6 Å². The van der Waals surface area contributed by atoms with Crippen molar-refractivity contribution in [1.82, 2.24) is 29.6 Å². The largest absolute Gasteiger partial charge is 0.355 e. The van der Waals surface area contributed by atoms with Gasteiger partial charge in [-0.3, -0.25) is 14.5 Å². The zero-order valence-corrected chi connectivity index (χ0v) is 19.3. The highest BCUT2D eigenvalue weighted by Gasteiger charge is 2.50. The molecule has 6 rings (SSSR count). The van der Waals surface area contributed by atoms with Gasteiger partial charge in [0.15, 0.2) is 5.82 Å². The molecule has 33 heavy (non-hydrogen) atoms. The normalized spacial score (nSPS) is 20.0. The van der Waals surface area contributed by atoms with Crippen LogP contribution in [0.3, 0.4) is 0 Å². The Kier molecular flexibility index (Phi) is 4.86. The number of aryl methyl sites for hydroxylation is 1. The van der Waals surface area contributed by atoms with E-state index in [1.54, 1.807) is 6.20 Å². The Morgan fingerprint density at radius 1 is 1.12 bits per heavy atom. The molecule has 3 aromatic rings. The smallest absolute Gasteiger partial charge is 0.151 e. The van der Waals surface area contributed by atoms with Crippen molar-refractivity contribution in [2.24, 2.45) is 0 Å². The quantitative estimate of drug-likeness (QED) is 0.587. The highest BCUT2D eigenvalue weighted by Crippen LogP contribution is 2.44. The monoisotopic (exact) mass is 460 g/mol. The Morgan fingerprint density at radius 3 is 2.67 bits per heavy atom. The molecule has 0 radical (unpaired) electrons. The highest BCUT2D eigenvalue weighted by atomic mass is 35.5. The van der Waals surface area contributed by atoms with Crippen molar-refractivity contribution in [1.29, 1.82) is 5.26 Å². The van der Waals surface area contributed by atoms with Crippen molar-refractivity contribution in [3.8, 4) is 11.8 Å². The summed E-state index contributed by atoms with van der Waals surface area (Å²) in [5, 5.41) is 19.8. The van der Waals surface area contributed by atoms with Crippen LogP contribution in [0.1, 0.15) is 54.5 Å². The summed E-state index contributed by atoms with van der Waals surface area (Å²) < 4.78 is 2.23. The summed E-state index contributed by atoms with van der Waals surface area (Å²) >= 11 is 6.38. The van der Waals surface area contributed by atoms with Crippen LogP contribution in [0.15, 0.2) is 30.6 Å². The first-order chi connectivity index (χ1) is 16.1. The number of fused-ring (bicyclic) bond motifs is 3. The summed E-state index contributed by atoms with van der Waals surface area (Å²) in [4.78, 5) is 13.5. The molecule has 9 heteroatoms. The van der Waals surface area contributed by atoms with Crippen molar-refractivity contribution >= 4 is 17.4 Å². The minimum absolute atomic E-state index is 0.307. The molecule has 0 atom stereocenters. The van der Waals surface area contributed by atoms with Crippen molar-refractivity contribution < 1.29 is 0 Å². The molecule has 168 valence electrons. The molecule has 0 unspecified atom stereocenters. The van der Waals surface area contributed by atoms with Gasteiger partial charge < -0.3 is 4.90 Å². The molecular weight excluding hydrogens is 436 g/mol. The number of aromatic nitrogens is 5. The predicted molar refractivity (Wildman–Crippen MR) is 124 cm³/mol. The molecule has 8 nitrogen and oxygen atoms in total. The van der Waals surface area contributed by atoms with Gasteiger partial charge in [0.2, 0.25) is 0 Å². The van der Waals surface area contributed by atoms with Crippen LogP contribution in [0.25, 0.3) is 5.69 Å². The summed E-state index contributed by atoms with van der Waals surface area (Å²) in [6.45, 7) is 5.09. The molecule has 1 aromatic carbocycles. The fraction of sp³-hybridized carbons (Fsp3) is 0.458. The van der Waals surface area contributed by atoms with Crippen LogP contribution in [-0.4, -0.2) is 48.3 Å². The van der Waals surface area contributed by atoms with Crippen LogP contribution in [0, 0.1) is 18.3 Å². The molecule has 2 aromatic heterocycles. The van der Waals surface area contributed by atoms with Crippen LogP contribution in [0.2, 0.25) is 5.02 Å². The number of anilines is 1. The summed E-state index contributed by atoms with van der Waals surface area (Å²) in [6, 6.07) is 8.56. The lowest BCUT2D eigenvalue weighted by Gasteiger charge is -2.32. The molecule has 0 amide bonds. The van der Waals surface area contributed by atoms with Gasteiger partial charge in [0.25, 0.3) is 0 Å². The number of nitriles is 1. The highest BCUT2D eigenvalue weighted by molar-refractivity contribution is 6.30. The second-order valence-electron chi connectivity index (χ2n) is 9.36. The molecular formula is C24H25ClN8. The minimum Gasteiger partial charge on any atom is -0.355 e. The first-order valence-corrected chi connectivity index (χ1v) is 11.9. The number of piperidine rings is 1. The number of nitrogens with zero attached hydrogens (tertiary/aromatic N) is 8. The zero-order valence-electron chi connectivity index (χ0n) is 18.6. The minimum atomic E-state index is -0.388. The van der Waals surface area contributed by atoms with Crippen LogP contribution < -0.4 is 4.90 Å². The lowest BCUT2D eigenvalue weighted by Crippen LogP contribution is -2.35. The number of hydrogen-bond acceptors (Lipinski definition) is 7. The fourth-order valence-electron chi connectivity index (χ4n) is 5.18. The van der Waals surface area contributed by atoms with Gasteiger partial charge in [0.1, 0.15) is 17.2 Å². The molecule has 0 bridgehead atoms. The molecule has 0 spiro atoms. The summed E-state index contributed by atoms with van der Waals surface area (Å²) in [7, 11) is 0. The van der Waals surface area contributed by atoms with Gasteiger partial charge >= 0.3 is 0 Å². The number of hydrogen-bond donors (Lipinski definition) is 0. The summed E-state index contributed by atoms with van der Waals surface area (Å²) in [5.74, 6) is 3.16. The average Bonchev–Trinajstić information content (AvgIpc) is 3.56. The fourth-order valence-corrected chi connectivity index (χ4v) is 5.37. The summed E-state index contributed by atoms with van der Waals surface area (Å²) in [5.41, 5.74) is 2.75.